The van der Waals surface area contributed by atoms with Crippen molar-refractivity contribution < 1.29 is 19.7 Å². The minimum atomic E-state index is -0.651. The van der Waals surface area contributed by atoms with Gasteiger partial charge in [0.15, 0.2) is 0 Å². The number of benzene rings is 1. The largest absolute Gasteiger partial charge is 0.508 e. The van der Waals surface area contributed by atoms with Crippen molar-refractivity contribution in [2.45, 2.75) is 6.10 Å². The second-order valence-corrected chi connectivity index (χ2v) is 2.92. The summed E-state index contributed by atoms with van der Waals surface area (Å²) in [4.78, 5) is 0. The third-order valence-electron chi connectivity index (χ3n) is 1.62. The van der Waals surface area contributed by atoms with Gasteiger partial charge in [0.05, 0.1) is 6.61 Å². The first-order chi connectivity index (χ1) is 6.72. The van der Waals surface area contributed by atoms with Gasteiger partial charge in [0, 0.05) is 13.2 Å². The van der Waals surface area contributed by atoms with Crippen molar-refractivity contribution in [3.8, 4) is 11.5 Å². The number of methoxy groups -OCH3 is 1. The fraction of sp³-hybridized carbons (Fsp3) is 0.400. The maximum absolute atomic E-state index is 9.27. The summed E-state index contributed by atoms with van der Waals surface area (Å²) in [5.41, 5.74) is 0. The molecule has 0 radical (unpaired) electrons. The monoisotopic (exact) mass is 198 g/mol. The molecule has 4 nitrogen and oxygen atoms in total. The Labute approximate surface area is 82.7 Å². The van der Waals surface area contributed by atoms with Gasteiger partial charge in [0.25, 0.3) is 0 Å². The lowest BCUT2D eigenvalue weighted by Crippen LogP contribution is -2.22. The first-order valence-electron chi connectivity index (χ1n) is 4.31. The van der Waals surface area contributed by atoms with E-state index in [-0.39, 0.29) is 19.0 Å². The first-order valence-corrected chi connectivity index (χ1v) is 4.31. The van der Waals surface area contributed by atoms with Crippen LogP contribution in [0.25, 0.3) is 0 Å². The number of rotatable bonds is 5. The van der Waals surface area contributed by atoms with E-state index >= 15 is 0 Å². The van der Waals surface area contributed by atoms with Crippen molar-refractivity contribution in [2.24, 2.45) is 0 Å². The zero-order chi connectivity index (χ0) is 10.4. The molecule has 0 amide bonds. The van der Waals surface area contributed by atoms with E-state index in [0.717, 1.165) is 0 Å². The molecule has 1 rings (SSSR count). The molecule has 0 bridgehead atoms. The summed E-state index contributed by atoms with van der Waals surface area (Å²) in [6, 6.07) is 6.42. The number of hydrogen-bond acceptors (Lipinski definition) is 4. The summed E-state index contributed by atoms with van der Waals surface area (Å²) in [5, 5.41) is 18.4. The number of phenols is 1. The highest BCUT2D eigenvalue weighted by molar-refractivity contribution is 5.31. The van der Waals surface area contributed by atoms with Crippen molar-refractivity contribution in [1.82, 2.24) is 0 Å². The van der Waals surface area contributed by atoms with Crippen molar-refractivity contribution >= 4 is 0 Å². The Balaban J connectivity index is 2.37. The van der Waals surface area contributed by atoms with Gasteiger partial charge in [-0.15, -0.1) is 0 Å². The van der Waals surface area contributed by atoms with E-state index in [9.17, 15) is 5.11 Å². The van der Waals surface area contributed by atoms with Crippen LogP contribution in [-0.4, -0.2) is 36.6 Å². The van der Waals surface area contributed by atoms with Crippen LogP contribution in [0.15, 0.2) is 24.3 Å². The summed E-state index contributed by atoms with van der Waals surface area (Å²) in [7, 11) is 1.51. The maximum atomic E-state index is 9.27. The Morgan fingerprint density at radius 1 is 1.36 bits per heavy atom. The van der Waals surface area contributed by atoms with E-state index in [1.807, 2.05) is 0 Å². The number of phenolic OH excluding ortho intramolecular Hbond substituents is 1. The summed E-state index contributed by atoms with van der Waals surface area (Å²) < 4.78 is 9.95. The van der Waals surface area contributed by atoms with Gasteiger partial charge in [-0.2, -0.15) is 0 Å². The molecule has 1 unspecified atom stereocenters. The molecular weight excluding hydrogens is 184 g/mol. The minimum absolute atomic E-state index is 0.142. The highest BCUT2D eigenvalue weighted by Crippen LogP contribution is 2.17. The van der Waals surface area contributed by atoms with Gasteiger partial charge < -0.3 is 19.7 Å². The molecule has 0 fully saturated rings. The molecule has 0 saturated heterocycles. The molecule has 0 heterocycles. The summed E-state index contributed by atoms with van der Waals surface area (Å²) in [5.74, 6) is 0.670. The van der Waals surface area contributed by atoms with Crippen LogP contribution in [0.4, 0.5) is 0 Å². The Morgan fingerprint density at radius 3 is 2.79 bits per heavy atom. The highest BCUT2D eigenvalue weighted by Gasteiger charge is 2.04. The second-order valence-electron chi connectivity index (χ2n) is 2.92. The second kappa shape index (κ2) is 5.47. The van der Waals surface area contributed by atoms with Gasteiger partial charge in [0.2, 0.25) is 0 Å². The molecule has 0 saturated carbocycles. The van der Waals surface area contributed by atoms with Crippen LogP contribution in [0.2, 0.25) is 0 Å². The Kier molecular flexibility index (Phi) is 4.22. The maximum Gasteiger partial charge on any atom is 0.123 e. The van der Waals surface area contributed by atoms with E-state index < -0.39 is 6.10 Å². The molecule has 0 aliphatic heterocycles. The lowest BCUT2D eigenvalue weighted by Gasteiger charge is -2.11. The Hall–Kier alpha value is -1.26. The van der Waals surface area contributed by atoms with E-state index in [1.165, 1.54) is 13.2 Å². The highest BCUT2D eigenvalue weighted by atomic mass is 16.5. The predicted octanol–water partition coefficient (Wildman–Crippen LogP) is 0.778. The van der Waals surface area contributed by atoms with Crippen molar-refractivity contribution in [3.05, 3.63) is 24.3 Å². The molecule has 2 N–H and O–H groups in total. The molecule has 0 aliphatic carbocycles. The van der Waals surface area contributed by atoms with Crippen molar-refractivity contribution in [3.63, 3.8) is 0 Å². The van der Waals surface area contributed by atoms with Gasteiger partial charge in [0.1, 0.15) is 24.2 Å². The van der Waals surface area contributed by atoms with E-state index in [2.05, 4.69) is 0 Å². The van der Waals surface area contributed by atoms with Crippen LogP contribution in [-0.2, 0) is 4.74 Å². The molecule has 1 aromatic rings. The topological polar surface area (TPSA) is 58.9 Å². The molecule has 78 valence electrons. The van der Waals surface area contributed by atoms with E-state index in [4.69, 9.17) is 14.6 Å². The SMILES string of the molecule is COCC(O)COc1cccc(O)c1. The fourth-order valence-electron chi connectivity index (χ4n) is 1.01. The zero-order valence-electron chi connectivity index (χ0n) is 8.01. The van der Waals surface area contributed by atoms with E-state index in [0.29, 0.717) is 5.75 Å². The third kappa shape index (κ3) is 3.64. The average Bonchev–Trinajstić information content (AvgIpc) is 2.15. The molecule has 0 aliphatic rings. The van der Waals surface area contributed by atoms with Crippen LogP contribution >= 0.6 is 0 Å². The summed E-state index contributed by atoms with van der Waals surface area (Å²) in [6.45, 7) is 0.385. The lowest BCUT2D eigenvalue weighted by atomic mass is 10.3. The van der Waals surface area contributed by atoms with E-state index in [1.54, 1.807) is 18.2 Å². The van der Waals surface area contributed by atoms with Crippen molar-refractivity contribution in [1.29, 1.82) is 0 Å². The molecule has 0 spiro atoms. The zero-order valence-corrected chi connectivity index (χ0v) is 8.01. The van der Waals surface area contributed by atoms with Crippen LogP contribution in [0.1, 0.15) is 0 Å². The fourth-order valence-corrected chi connectivity index (χ4v) is 1.01. The van der Waals surface area contributed by atoms with Gasteiger partial charge in [-0.05, 0) is 12.1 Å². The molecule has 4 heteroatoms. The van der Waals surface area contributed by atoms with Crippen LogP contribution < -0.4 is 4.74 Å². The minimum Gasteiger partial charge on any atom is -0.508 e. The van der Waals surface area contributed by atoms with Crippen molar-refractivity contribution in [2.75, 3.05) is 20.3 Å². The molecule has 14 heavy (non-hydrogen) atoms. The van der Waals surface area contributed by atoms with Crippen LogP contribution in [0, 0.1) is 0 Å². The van der Waals surface area contributed by atoms with Crippen LogP contribution in [0.5, 0.6) is 11.5 Å². The number of aliphatic hydroxyl groups is 1. The predicted molar refractivity (Wildman–Crippen MR) is 51.5 cm³/mol. The lowest BCUT2D eigenvalue weighted by molar-refractivity contribution is 0.0325. The van der Waals surface area contributed by atoms with Gasteiger partial charge in [-0.3, -0.25) is 0 Å². The number of ether oxygens (including phenoxy) is 2. The molecule has 0 aromatic heterocycles. The molecule has 1 atom stereocenters. The first kappa shape index (κ1) is 10.8. The van der Waals surface area contributed by atoms with Gasteiger partial charge >= 0.3 is 0 Å². The van der Waals surface area contributed by atoms with Gasteiger partial charge in [-0.1, -0.05) is 6.07 Å². The number of aromatic hydroxyl groups is 1. The smallest absolute Gasteiger partial charge is 0.123 e. The van der Waals surface area contributed by atoms with Gasteiger partial charge in [-0.25, -0.2) is 0 Å². The third-order valence-corrected chi connectivity index (χ3v) is 1.62. The summed E-state index contributed by atoms with van der Waals surface area (Å²) >= 11 is 0. The molecular formula is C10H14O4. The van der Waals surface area contributed by atoms with Crippen LogP contribution in [0.3, 0.4) is 0 Å². The standard InChI is InChI=1S/C10H14O4/c1-13-6-9(12)7-14-10-4-2-3-8(11)5-10/h2-5,9,11-12H,6-7H2,1H3. The average molecular weight is 198 g/mol. The quantitative estimate of drug-likeness (QED) is 0.734. The summed E-state index contributed by atoms with van der Waals surface area (Å²) in [6.07, 6.45) is -0.651. The number of aliphatic hydroxyl groups excluding tert-OH is 1. The molecule has 1 aromatic carbocycles. The Morgan fingerprint density at radius 2 is 2.14 bits per heavy atom. The normalized spacial score (nSPS) is 12.4. The number of hydrogen-bond donors (Lipinski definition) is 2. The Bertz CT molecular complexity index is 275.